The van der Waals surface area contributed by atoms with Gasteiger partial charge >= 0.3 is 8.56 Å². The highest BCUT2D eigenvalue weighted by Crippen LogP contribution is 2.20. The topological polar surface area (TPSA) is 18.5 Å². The molecule has 0 aromatic rings. The summed E-state index contributed by atoms with van der Waals surface area (Å²) in [7, 11) is -1.86. The Bertz CT molecular complexity index is 193. The minimum absolute atomic E-state index is 0.890. The monoisotopic (exact) mass is 302 g/mol. The van der Waals surface area contributed by atoms with E-state index in [0.29, 0.717) is 0 Å². The molecule has 3 heteroatoms. The smallest absolute Gasteiger partial charge is 0.337 e. The Morgan fingerprint density at radius 2 is 1.00 bits per heavy atom. The van der Waals surface area contributed by atoms with E-state index < -0.39 is 8.56 Å². The normalized spacial score (nSPS) is 12.0. The third-order valence-corrected chi connectivity index (χ3v) is 7.67. The fourth-order valence-corrected chi connectivity index (χ4v) is 4.85. The molecule has 0 atom stereocenters. The molecule has 0 aromatic carbocycles. The SMILES string of the molecule is CCCCCCCCCO[Si](CC)(CC)OCCCC. The van der Waals surface area contributed by atoms with Crippen molar-refractivity contribution in [3.8, 4) is 0 Å². The van der Waals surface area contributed by atoms with E-state index in [1.165, 1.54) is 51.4 Å². The summed E-state index contributed by atoms with van der Waals surface area (Å²) in [5.74, 6) is 0. The predicted octanol–water partition coefficient (Wildman–Crippen LogP) is 6.05. The van der Waals surface area contributed by atoms with Crippen LogP contribution in [0.1, 0.15) is 85.5 Å². The molecule has 0 amide bonds. The lowest BCUT2D eigenvalue weighted by Gasteiger charge is -2.28. The molecular formula is C17H38O2Si. The Morgan fingerprint density at radius 1 is 0.550 bits per heavy atom. The van der Waals surface area contributed by atoms with Gasteiger partial charge in [-0.15, -0.1) is 0 Å². The lowest BCUT2D eigenvalue weighted by molar-refractivity contribution is 0.164. The van der Waals surface area contributed by atoms with Crippen molar-refractivity contribution in [2.24, 2.45) is 0 Å². The minimum atomic E-state index is -1.86. The summed E-state index contributed by atoms with van der Waals surface area (Å²) in [5, 5.41) is 0. The third kappa shape index (κ3) is 9.95. The second-order valence-corrected chi connectivity index (χ2v) is 9.60. The van der Waals surface area contributed by atoms with Gasteiger partial charge in [0.1, 0.15) is 0 Å². The molecule has 0 heterocycles. The van der Waals surface area contributed by atoms with Crippen LogP contribution in [-0.2, 0) is 8.85 Å². The number of unbranched alkanes of at least 4 members (excludes halogenated alkanes) is 7. The first-order valence-electron chi connectivity index (χ1n) is 9.02. The molecule has 0 rings (SSSR count). The van der Waals surface area contributed by atoms with E-state index in [2.05, 4.69) is 27.7 Å². The van der Waals surface area contributed by atoms with Crippen molar-refractivity contribution in [3.63, 3.8) is 0 Å². The Kier molecular flexibility index (Phi) is 14.2. The summed E-state index contributed by atoms with van der Waals surface area (Å²) in [6.07, 6.45) is 11.8. The Hall–Kier alpha value is 0.137. The number of rotatable bonds is 15. The molecule has 0 aliphatic carbocycles. The maximum absolute atomic E-state index is 6.22. The van der Waals surface area contributed by atoms with Crippen molar-refractivity contribution in [1.29, 1.82) is 0 Å². The Morgan fingerprint density at radius 3 is 1.50 bits per heavy atom. The van der Waals surface area contributed by atoms with Gasteiger partial charge in [-0.1, -0.05) is 72.6 Å². The molecule has 20 heavy (non-hydrogen) atoms. The lowest BCUT2D eigenvalue weighted by Crippen LogP contribution is -2.41. The molecule has 0 aromatic heterocycles. The van der Waals surface area contributed by atoms with Gasteiger partial charge in [-0.3, -0.25) is 0 Å². The average Bonchev–Trinajstić information content (AvgIpc) is 2.48. The maximum atomic E-state index is 6.22. The van der Waals surface area contributed by atoms with Crippen molar-refractivity contribution in [2.75, 3.05) is 13.2 Å². The fraction of sp³-hybridized carbons (Fsp3) is 1.00. The molecular weight excluding hydrogens is 264 g/mol. The molecule has 0 N–H and O–H groups in total. The standard InChI is InChI=1S/C17H38O2Si/c1-5-9-11-12-13-14-15-17-19-20(7-3,8-4)18-16-10-6-2/h5-17H2,1-4H3. The average molecular weight is 303 g/mol. The number of hydrogen-bond donors (Lipinski definition) is 0. The minimum Gasteiger partial charge on any atom is -0.394 e. The highest BCUT2D eigenvalue weighted by Gasteiger charge is 2.33. The first-order valence-corrected chi connectivity index (χ1v) is 11.3. The summed E-state index contributed by atoms with van der Waals surface area (Å²) in [5.41, 5.74) is 0. The predicted molar refractivity (Wildman–Crippen MR) is 91.5 cm³/mol. The van der Waals surface area contributed by atoms with Gasteiger partial charge in [-0.05, 0) is 24.9 Å². The molecule has 0 aliphatic heterocycles. The van der Waals surface area contributed by atoms with Crippen molar-refractivity contribution in [2.45, 2.75) is 97.6 Å². The Balaban J connectivity index is 3.69. The van der Waals surface area contributed by atoms with Gasteiger partial charge in [0.2, 0.25) is 0 Å². The molecule has 122 valence electrons. The van der Waals surface area contributed by atoms with Gasteiger partial charge in [0, 0.05) is 13.2 Å². The van der Waals surface area contributed by atoms with Crippen LogP contribution in [-0.4, -0.2) is 21.8 Å². The lowest BCUT2D eigenvalue weighted by atomic mass is 10.1. The summed E-state index contributed by atoms with van der Waals surface area (Å²) >= 11 is 0. The molecule has 0 aliphatic rings. The van der Waals surface area contributed by atoms with Crippen LogP contribution < -0.4 is 0 Å². The largest absolute Gasteiger partial charge is 0.394 e. The molecule has 0 fully saturated rings. The third-order valence-electron chi connectivity index (χ3n) is 4.05. The molecule has 0 saturated carbocycles. The molecule has 0 unspecified atom stereocenters. The van der Waals surface area contributed by atoms with E-state index in [4.69, 9.17) is 8.85 Å². The van der Waals surface area contributed by atoms with Crippen LogP contribution in [0.3, 0.4) is 0 Å². The number of hydrogen-bond acceptors (Lipinski definition) is 2. The summed E-state index contributed by atoms with van der Waals surface area (Å²) in [4.78, 5) is 0. The fourth-order valence-electron chi connectivity index (χ4n) is 2.42. The van der Waals surface area contributed by atoms with Crippen LogP contribution in [0.4, 0.5) is 0 Å². The van der Waals surface area contributed by atoms with E-state index in [9.17, 15) is 0 Å². The van der Waals surface area contributed by atoms with E-state index in [1.54, 1.807) is 0 Å². The van der Waals surface area contributed by atoms with Crippen molar-refractivity contribution in [3.05, 3.63) is 0 Å². The summed E-state index contributed by atoms with van der Waals surface area (Å²) < 4.78 is 12.4. The summed E-state index contributed by atoms with van der Waals surface area (Å²) in [6, 6.07) is 2.17. The van der Waals surface area contributed by atoms with Crippen LogP contribution >= 0.6 is 0 Å². The maximum Gasteiger partial charge on any atom is 0.337 e. The molecule has 0 bridgehead atoms. The first-order chi connectivity index (χ1) is 9.74. The second kappa shape index (κ2) is 14.1. The van der Waals surface area contributed by atoms with Crippen molar-refractivity contribution in [1.82, 2.24) is 0 Å². The van der Waals surface area contributed by atoms with Crippen LogP contribution in [0.15, 0.2) is 0 Å². The van der Waals surface area contributed by atoms with Gasteiger partial charge in [0.25, 0.3) is 0 Å². The highest BCUT2D eigenvalue weighted by molar-refractivity contribution is 6.67. The van der Waals surface area contributed by atoms with Crippen LogP contribution in [0.5, 0.6) is 0 Å². The van der Waals surface area contributed by atoms with E-state index in [-0.39, 0.29) is 0 Å². The van der Waals surface area contributed by atoms with Crippen LogP contribution in [0.2, 0.25) is 12.1 Å². The highest BCUT2D eigenvalue weighted by atomic mass is 28.4. The van der Waals surface area contributed by atoms with E-state index in [1.807, 2.05) is 0 Å². The van der Waals surface area contributed by atoms with Crippen molar-refractivity contribution >= 4 is 8.56 Å². The van der Waals surface area contributed by atoms with Crippen molar-refractivity contribution < 1.29 is 8.85 Å². The van der Waals surface area contributed by atoms with Gasteiger partial charge in [-0.2, -0.15) is 0 Å². The quantitative estimate of drug-likeness (QED) is 0.271. The molecule has 0 radical (unpaired) electrons. The van der Waals surface area contributed by atoms with Gasteiger partial charge in [-0.25, -0.2) is 0 Å². The van der Waals surface area contributed by atoms with Crippen LogP contribution in [0.25, 0.3) is 0 Å². The second-order valence-electron chi connectivity index (χ2n) is 5.79. The summed E-state index contributed by atoms with van der Waals surface area (Å²) in [6.45, 7) is 10.7. The van der Waals surface area contributed by atoms with E-state index >= 15 is 0 Å². The van der Waals surface area contributed by atoms with Gasteiger partial charge in [0.05, 0.1) is 0 Å². The molecule has 0 spiro atoms. The zero-order valence-electron chi connectivity index (χ0n) is 14.5. The van der Waals surface area contributed by atoms with Gasteiger partial charge < -0.3 is 8.85 Å². The van der Waals surface area contributed by atoms with Crippen LogP contribution in [0, 0.1) is 0 Å². The van der Waals surface area contributed by atoms with Gasteiger partial charge in [0.15, 0.2) is 0 Å². The Labute approximate surface area is 128 Å². The zero-order valence-corrected chi connectivity index (χ0v) is 15.5. The van der Waals surface area contributed by atoms with E-state index in [0.717, 1.165) is 31.7 Å². The molecule has 0 saturated heterocycles. The zero-order chi connectivity index (χ0) is 15.1. The molecule has 2 nitrogen and oxygen atoms in total. The first kappa shape index (κ1) is 20.1.